The van der Waals surface area contributed by atoms with Crippen molar-refractivity contribution in [1.82, 2.24) is 25.1 Å². The van der Waals surface area contributed by atoms with Gasteiger partial charge in [0, 0.05) is 50.3 Å². The molecule has 0 bridgehead atoms. The molecule has 12 nitrogen and oxygen atoms in total. The molecule has 0 radical (unpaired) electrons. The Kier molecular flexibility index (Phi) is 10.4. The van der Waals surface area contributed by atoms with E-state index in [1.807, 2.05) is 18.2 Å². The van der Waals surface area contributed by atoms with Gasteiger partial charge in [-0.25, -0.2) is 14.8 Å². The zero-order valence-electron chi connectivity index (χ0n) is 22.0. The molecule has 1 aliphatic heterocycles. The molecule has 3 amide bonds. The number of carbonyl (C=O) groups is 4. The molecule has 39 heavy (non-hydrogen) atoms. The summed E-state index contributed by atoms with van der Waals surface area (Å²) >= 11 is 0. The molecule has 1 aliphatic rings. The normalized spacial score (nSPS) is 14.5. The SMILES string of the molecule is CCOC(=O)N1CCN(C(=O)C(CCC(=O)O)NC(=O)c2cc(C/C=C(/C)O)nc(-c3ccccc3)n2)CC1. The molecule has 208 valence electrons. The average molecular weight is 540 g/mol. The molecule has 3 rings (SSSR count). The van der Waals surface area contributed by atoms with E-state index in [1.165, 1.54) is 22.8 Å². The highest BCUT2D eigenvalue weighted by Crippen LogP contribution is 2.17. The number of aliphatic hydroxyl groups excluding tert-OH is 1. The average Bonchev–Trinajstić information content (AvgIpc) is 2.94. The molecule has 0 aliphatic carbocycles. The molecule has 1 unspecified atom stereocenters. The maximum atomic E-state index is 13.3. The summed E-state index contributed by atoms with van der Waals surface area (Å²) in [7, 11) is 0. The number of hydrogen-bond donors (Lipinski definition) is 3. The quantitative estimate of drug-likeness (QED) is 0.385. The van der Waals surface area contributed by atoms with Gasteiger partial charge < -0.3 is 30.1 Å². The van der Waals surface area contributed by atoms with E-state index >= 15 is 0 Å². The number of nitrogens with zero attached hydrogens (tertiary/aromatic N) is 4. The van der Waals surface area contributed by atoms with Crippen molar-refractivity contribution in [3.63, 3.8) is 0 Å². The van der Waals surface area contributed by atoms with Crippen molar-refractivity contribution in [1.29, 1.82) is 0 Å². The number of aliphatic hydroxyl groups is 1. The van der Waals surface area contributed by atoms with Gasteiger partial charge in [0.1, 0.15) is 11.7 Å². The van der Waals surface area contributed by atoms with Crippen LogP contribution in [0.25, 0.3) is 11.4 Å². The molecule has 1 aromatic carbocycles. The molecule has 1 atom stereocenters. The van der Waals surface area contributed by atoms with Gasteiger partial charge in [-0.05, 0) is 32.4 Å². The van der Waals surface area contributed by atoms with Gasteiger partial charge >= 0.3 is 12.1 Å². The second-order valence-electron chi connectivity index (χ2n) is 8.95. The van der Waals surface area contributed by atoms with Gasteiger partial charge in [0.2, 0.25) is 5.91 Å². The second-order valence-corrected chi connectivity index (χ2v) is 8.95. The topological polar surface area (TPSA) is 162 Å². The van der Waals surface area contributed by atoms with Crippen molar-refractivity contribution in [2.24, 2.45) is 0 Å². The predicted octanol–water partition coefficient (Wildman–Crippen LogP) is 2.41. The lowest BCUT2D eigenvalue weighted by Crippen LogP contribution is -2.56. The van der Waals surface area contributed by atoms with E-state index in [2.05, 4.69) is 15.3 Å². The molecule has 0 saturated carbocycles. The zero-order valence-corrected chi connectivity index (χ0v) is 22.0. The number of aliphatic carboxylic acids is 1. The van der Waals surface area contributed by atoms with E-state index in [0.29, 0.717) is 17.1 Å². The Hall–Kier alpha value is -4.48. The minimum atomic E-state index is -1.11. The van der Waals surface area contributed by atoms with Gasteiger partial charge in [-0.15, -0.1) is 0 Å². The summed E-state index contributed by atoms with van der Waals surface area (Å²) in [6, 6.07) is 9.41. The minimum Gasteiger partial charge on any atom is -0.513 e. The van der Waals surface area contributed by atoms with Crippen LogP contribution in [0.15, 0.2) is 48.2 Å². The van der Waals surface area contributed by atoms with Crippen molar-refractivity contribution >= 4 is 23.9 Å². The van der Waals surface area contributed by atoms with Crippen LogP contribution in [0.3, 0.4) is 0 Å². The third kappa shape index (κ3) is 8.52. The highest BCUT2D eigenvalue weighted by molar-refractivity contribution is 5.96. The van der Waals surface area contributed by atoms with Crippen LogP contribution in [0.2, 0.25) is 0 Å². The van der Waals surface area contributed by atoms with E-state index < -0.39 is 29.9 Å². The van der Waals surface area contributed by atoms with Crippen LogP contribution in [0.4, 0.5) is 4.79 Å². The molecule has 1 saturated heterocycles. The van der Waals surface area contributed by atoms with Crippen molar-refractivity contribution in [3.8, 4) is 11.4 Å². The molecular formula is C27H33N5O7. The number of allylic oxidation sites excluding steroid dienone is 2. The maximum Gasteiger partial charge on any atom is 0.409 e. The van der Waals surface area contributed by atoms with E-state index in [0.717, 1.165) is 0 Å². The first-order valence-corrected chi connectivity index (χ1v) is 12.7. The highest BCUT2D eigenvalue weighted by Gasteiger charge is 2.31. The number of rotatable bonds is 10. The fourth-order valence-electron chi connectivity index (χ4n) is 3.99. The summed E-state index contributed by atoms with van der Waals surface area (Å²) < 4.78 is 5.00. The van der Waals surface area contributed by atoms with Crippen molar-refractivity contribution in [2.45, 2.75) is 39.2 Å². The predicted molar refractivity (Wildman–Crippen MR) is 141 cm³/mol. The first-order valence-electron chi connectivity index (χ1n) is 12.7. The fourth-order valence-corrected chi connectivity index (χ4v) is 3.99. The number of benzene rings is 1. The fraction of sp³-hybridized carbons (Fsp3) is 0.407. The first kappa shape index (κ1) is 29.1. The summed E-state index contributed by atoms with van der Waals surface area (Å²) in [5.41, 5.74) is 1.16. The molecule has 1 aromatic heterocycles. The van der Waals surface area contributed by atoms with Gasteiger partial charge in [-0.2, -0.15) is 0 Å². The lowest BCUT2D eigenvalue weighted by atomic mass is 10.1. The Morgan fingerprint density at radius 3 is 2.33 bits per heavy atom. The van der Waals surface area contributed by atoms with E-state index in [-0.39, 0.29) is 63.5 Å². The van der Waals surface area contributed by atoms with Gasteiger partial charge in [-0.3, -0.25) is 14.4 Å². The Labute approximate surface area is 226 Å². The number of piperazine rings is 1. The minimum absolute atomic E-state index is 0.00287. The van der Waals surface area contributed by atoms with E-state index in [4.69, 9.17) is 4.74 Å². The maximum absolute atomic E-state index is 13.3. The number of aromatic nitrogens is 2. The lowest BCUT2D eigenvalue weighted by Gasteiger charge is -2.35. The molecule has 12 heteroatoms. The van der Waals surface area contributed by atoms with Crippen LogP contribution in [-0.4, -0.2) is 92.7 Å². The highest BCUT2D eigenvalue weighted by atomic mass is 16.6. The van der Waals surface area contributed by atoms with Gasteiger partial charge in [0.15, 0.2) is 5.82 Å². The summed E-state index contributed by atoms with van der Waals surface area (Å²) in [5, 5.41) is 21.4. The van der Waals surface area contributed by atoms with Gasteiger partial charge in [0.05, 0.1) is 12.4 Å². The largest absolute Gasteiger partial charge is 0.513 e. The van der Waals surface area contributed by atoms with Crippen LogP contribution in [0, 0.1) is 0 Å². The second kappa shape index (κ2) is 13.9. The van der Waals surface area contributed by atoms with Crippen LogP contribution in [0.5, 0.6) is 0 Å². The Balaban J connectivity index is 1.81. The number of ether oxygens (including phenoxy) is 1. The third-order valence-corrected chi connectivity index (χ3v) is 6.02. The zero-order chi connectivity index (χ0) is 28.4. The Bertz CT molecular complexity index is 1210. The van der Waals surface area contributed by atoms with Gasteiger partial charge in [-0.1, -0.05) is 30.3 Å². The van der Waals surface area contributed by atoms with Crippen molar-refractivity contribution in [3.05, 3.63) is 59.6 Å². The van der Waals surface area contributed by atoms with Crippen LogP contribution < -0.4 is 5.32 Å². The smallest absolute Gasteiger partial charge is 0.409 e. The molecule has 0 spiro atoms. The van der Waals surface area contributed by atoms with E-state index in [1.54, 1.807) is 25.1 Å². The third-order valence-electron chi connectivity index (χ3n) is 6.02. The lowest BCUT2D eigenvalue weighted by molar-refractivity contribution is -0.138. The number of amides is 3. The summed E-state index contributed by atoms with van der Waals surface area (Å²) in [6.45, 7) is 4.45. The van der Waals surface area contributed by atoms with Crippen LogP contribution in [-0.2, 0) is 20.7 Å². The van der Waals surface area contributed by atoms with Crippen LogP contribution in [0.1, 0.15) is 42.9 Å². The number of carbonyl (C=O) groups excluding carboxylic acids is 3. The summed E-state index contributed by atoms with van der Waals surface area (Å²) in [4.78, 5) is 61.8. The Morgan fingerprint density at radius 2 is 1.72 bits per heavy atom. The van der Waals surface area contributed by atoms with Crippen LogP contribution >= 0.6 is 0 Å². The molecule has 3 N–H and O–H groups in total. The van der Waals surface area contributed by atoms with Crippen molar-refractivity contribution in [2.75, 3.05) is 32.8 Å². The molecule has 2 aromatic rings. The number of hydrogen-bond acceptors (Lipinski definition) is 8. The molecular weight excluding hydrogens is 506 g/mol. The molecule has 2 heterocycles. The Morgan fingerprint density at radius 1 is 1.05 bits per heavy atom. The summed E-state index contributed by atoms with van der Waals surface area (Å²) in [5.74, 6) is -1.80. The summed E-state index contributed by atoms with van der Waals surface area (Å²) in [6.07, 6.45) is 0.892. The van der Waals surface area contributed by atoms with Crippen molar-refractivity contribution < 1.29 is 34.1 Å². The molecule has 1 fully saturated rings. The van der Waals surface area contributed by atoms with Gasteiger partial charge in [0.25, 0.3) is 5.91 Å². The monoisotopic (exact) mass is 539 g/mol. The van der Waals surface area contributed by atoms with E-state index in [9.17, 15) is 29.4 Å². The first-order chi connectivity index (χ1) is 18.7. The standard InChI is InChI=1S/C27H33N5O7/c1-3-39-27(38)32-15-13-31(14-16-32)26(37)21(11-12-23(34)35)30-25(36)22-17-20(10-9-18(2)33)28-24(29-22)19-7-5-4-6-8-19/h4-9,17,21,33H,3,10-16H2,1-2H3,(H,30,36)(H,34,35)/b18-9-. The number of nitrogens with one attached hydrogen (secondary N) is 1. The number of carboxylic acid groups (broad SMARTS) is 1. The number of carboxylic acids is 1.